The highest BCUT2D eigenvalue weighted by atomic mass is 35.5. The van der Waals surface area contributed by atoms with Crippen molar-refractivity contribution in [3.8, 4) is 0 Å². The molecule has 2 unspecified atom stereocenters. The van der Waals surface area contributed by atoms with Crippen molar-refractivity contribution in [1.82, 2.24) is 10.6 Å². The number of amides is 2. The molecular formula is C19H28ClF2N3O2. The quantitative estimate of drug-likeness (QED) is 0.654. The van der Waals surface area contributed by atoms with Crippen LogP contribution in [0, 0.1) is 17.6 Å². The highest BCUT2D eigenvalue weighted by molar-refractivity contribution is 5.85. The van der Waals surface area contributed by atoms with Crippen LogP contribution in [-0.4, -0.2) is 24.4 Å². The van der Waals surface area contributed by atoms with Crippen molar-refractivity contribution in [3.63, 3.8) is 0 Å². The molecule has 0 bridgehead atoms. The number of halogens is 3. The fourth-order valence-corrected chi connectivity index (χ4v) is 3.63. The summed E-state index contributed by atoms with van der Waals surface area (Å²) in [4.78, 5) is 23.9. The smallest absolute Gasteiger partial charge is 0.222 e. The first-order chi connectivity index (χ1) is 12.4. The van der Waals surface area contributed by atoms with Crippen molar-refractivity contribution in [3.05, 3.63) is 35.4 Å². The van der Waals surface area contributed by atoms with Crippen molar-refractivity contribution < 1.29 is 18.4 Å². The van der Waals surface area contributed by atoms with Crippen LogP contribution in [0.3, 0.4) is 0 Å². The van der Waals surface area contributed by atoms with Gasteiger partial charge in [-0.15, -0.1) is 12.4 Å². The number of nitrogens with two attached hydrogens (primary N) is 1. The Morgan fingerprint density at radius 2 is 1.85 bits per heavy atom. The molecule has 2 atom stereocenters. The Balaban J connectivity index is 0.00000364. The molecule has 27 heavy (non-hydrogen) atoms. The van der Waals surface area contributed by atoms with E-state index in [0.717, 1.165) is 37.8 Å². The minimum Gasteiger partial charge on any atom is -0.352 e. The van der Waals surface area contributed by atoms with Gasteiger partial charge in [-0.05, 0) is 24.8 Å². The van der Waals surface area contributed by atoms with Crippen LogP contribution in [0.1, 0.15) is 57.1 Å². The van der Waals surface area contributed by atoms with Crippen molar-refractivity contribution in [1.29, 1.82) is 0 Å². The minimum atomic E-state index is -0.863. The zero-order chi connectivity index (χ0) is 19.1. The minimum absolute atomic E-state index is 0. The highest BCUT2D eigenvalue weighted by Crippen LogP contribution is 2.27. The van der Waals surface area contributed by atoms with Gasteiger partial charge in [-0.1, -0.05) is 25.3 Å². The number of nitrogens with one attached hydrogen (secondary N) is 2. The number of carbonyl (C=O) groups is 2. The van der Waals surface area contributed by atoms with Crippen LogP contribution in [-0.2, 0) is 9.59 Å². The number of hydrogen-bond donors (Lipinski definition) is 3. The molecule has 1 aliphatic carbocycles. The van der Waals surface area contributed by atoms with Gasteiger partial charge in [0.1, 0.15) is 11.6 Å². The standard InChI is InChI=1S/C19H27F2N3O2.ClH/c1-12(25)23-17(15-8-7-14(20)9-16(15)21)10-19(26)24-18(11-22)13-5-3-2-4-6-13;/h7-9,13,17-18H,2-6,10-11,22H2,1H3,(H,23,25)(H,24,26);1H. The number of benzene rings is 1. The Morgan fingerprint density at radius 3 is 2.41 bits per heavy atom. The lowest BCUT2D eigenvalue weighted by atomic mass is 9.84. The summed E-state index contributed by atoms with van der Waals surface area (Å²) in [6.45, 7) is 1.63. The molecular weight excluding hydrogens is 376 g/mol. The lowest BCUT2D eigenvalue weighted by Crippen LogP contribution is -2.46. The molecule has 2 amide bonds. The summed E-state index contributed by atoms with van der Waals surface area (Å²) in [5, 5.41) is 5.49. The number of carbonyl (C=O) groups excluding carboxylic acids is 2. The fraction of sp³-hybridized carbons (Fsp3) is 0.579. The van der Waals surface area contributed by atoms with Gasteiger partial charge >= 0.3 is 0 Å². The lowest BCUT2D eigenvalue weighted by molar-refractivity contribution is -0.123. The van der Waals surface area contributed by atoms with E-state index < -0.39 is 23.6 Å². The average molecular weight is 404 g/mol. The van der Waals surface area contributed by atoms with Crippen molar-refractivity contribution in [2.45, 2.75) is 57.5 Å². The molecule has 5 nitrogen and oxygen atoms in total. The second-order valence-corrected chi connectivity index (χ2v) is 6.93. The van der Waals surface area contributed by atoms with Gasteiger partial charge in [0.05, 0.1) is 12.5 Å². The summed E-state index contributed by atoms with van der Waals surface area (Å²) in [6, 6.07) is 2.11. The van der Waals surface area contributed by atoms with Gasteiger partial charge in [0, 0.05) is 31.1 Å². The molecule has 0 saturated heterocycles. The molecule has 152 valence electrons. The molecule has 4 N–H and O–H groups in total. The van der Waals surface area contributed by atoms with E-state index in [9.17, 15) is 18.4 Å². The molecule has 0 spiro atoms. The van der Waals surface area contributed by atoms with Crippen LogP contribution in [0.15, 0.2) is 18.2 Å². The van der Waals surface area contributed by atoms with Gasteiger partial charge in [-0.3, -0.25) is 9.59 Å². The number of hydrogen-bond acceptors (Lipinski definition) is 3. The van der Waals surface area contributed by atoms with Crippen LogP contribution in [0.4, 0.5) is 8.78 Å². The first kappa shape index (κ1) is 23.3. The molecule has 1 aliphatic rings. The SMILES string of the molecule is CC(=O)NC(CC(=O)NC(CN)C1CCCCC1)c1ccc(F)cc1F.Cl. The molecule has 0 radical (unpaired) electrons. The summed E-state index contributed by atoms with van der Waals surface area (Å²) in [7, 11) is 0. The zero-order valence-corrected chi connectivity index (χ0v) is 16.3. The van der Waals surface area contributed by atoms with E-state index >= 15 is 0 Å². The maximum atomic E-state index is 14.1. The first-order valence-corrected chi connectivity index (χ1v) is 9.12. The van der Waals surface area contributed by atoms with Gasteiger partial charge in [0.2, 0.25) is 11.8 Å². The molecule has 0 aliphatic heterocycles. The largest absolute Gasteiger partial charge is 0.352 e. The van der Waals surface area contributed by atoms with Gasteiger partial charge in [-0.2, -0.15) is 0 Å². The van der Waals surface area contributed by atoms with E-state index in [1.807, 2.05) is 0 Å². The molecule has 1 fully saturated rings. The fourth-order valence-electron chi connectivity index (χ4n) is 3.63. The maximum absolute atomic E-state index is 14.1. The second kappa shape index (κ2) is 11.2. The molecule has 1 saturated carbocycles. The Morgan fingerprint density at radius 1 is 1.19 bits per heavy atom. The topological polar surface area (TPSA) is 84.2 Å². The summed E-state index contributed by atoms with van der Waals surface area (Å²) in [5.74, 6) is -1.86. The van der Waals surface area contributed by atoms with Crippen LogP contribution >= 0.6 is 12.4 Å². The van der Waals surface area contributed by atoms with Gasteiger partial charge in [0.25, 0.3) is 0 Å². The van der Waals surface area contributed by atoms with Crippen molar-refractivity contribution >= 4 is 24.2 Å². The summed E-state index contributed by atoms with van der Waals surface area (Å²) >= 11 is 0. The normalized spacial score (nSPS) is 16.7. The molecule has 2 rings (SSSR count). The molecule has 0 aromatic heterocycles. The summed E-state index contributed by atoms with van der Waals surface area (Å²) in [5.41, 5.74) is 5.91. The molecule has 8 heteroatoms. The Hall–Kier alpha value is -1.73. The summed E-state index contributed by atoms with van der Waals surface area (Å²) in [6.07, 6.45) is 5.40. The zero-order valence-electron chi connectivity index (χ0n) is 15.5. The highest BCUT2D eigenvalue weighted by Gasteiger charge is 2.26. The van der Waals surface area contributed by atoms with Crippen LogP contribution in [0.25, 0.3) is 0 Å². The van der Waals surface area contributed by atoms with Crippen molar-refractivity contribution in [2.75, 3.05) is 6.54 Å². The third-order valence-corrected chi connectivity index (χ3v) is 4.92. The van der Waals surface area contributed by atoms with E-state index in [1.54, 1.807) is 0 Å². The molecule has 1 aromatic carbocycles. The summed E-state index contributed by atoms with van der Waals surface area (Å²) < 4.78 is 27.2. The third-order valence-electron chi connectivity index (χ3n) is 4.92. The van der Waals surface area contributed by atoms with Crippen molar-refractivity contribution in [2.24, 2.45) is 11.7 Å². The van der Waals surface area contributed by atoms with E-state index in [-0.39, 0.29) is 36.3 Å². The predicted molar refractivity (Wildman–Crippen MR) is 102 cm³/mol. The lowest BCUT2D eigenvalue weighted by Gasteiger charge is -2.30. The monoisotopic (exact) mass is 403 g/mol. The van der Waals surface area contributed by atoms with Gasteiger partial charge in [-0.25, -0.2) is 8.78 Å². The van der Waals surface area contributed by atoms with Crippen LogP contribution < -0.4 is 16.4 Å². The third kappa shape index (κ3) is 7.07. The van der Waals surface area contributed by atoms with E-state index in [2.05, 4.69) is 10.6 Å². The van der Waals surface area contributed by atoms with Crippen LogP contribution in [0.2, 0.25) is 0 Å². The number of rotatable bonds is 7. The van der Waals surface area contributed by atoms with Gasteiger partial charge < -0.3 is 16.4 Å². The predicted octanol–water partition coefficient (Wildman–Crippen LogP) is 2.98. The van der Waals surface area contributed by atoms with Gasteiger partial charge in [0.15, 0.2) is 0 Å². The average Bonchev–Trinajstić information content (AvgIpc) is 2.59. The van der Waals surface area contributed by atoms with E-state index in [0.29, 0.717) is 12.5 Å². The van der Waals surface area contributed by atoms with E-state index in [1.165, 1.54) is 19.4 Å². The molecule has 1 aromatic rings. The van der Waals surface area contributed by atoms with Crippen LogP contribution in [0.5, 0.6) is 0 Å². The van der Waals surface area contributed by atoms with E-state index in [4.69, 9.17) is 5.73 Å². The Bertz CT molecular complexity index is 639. The Labute approximate surface area is 164 Å². The Kier molecular flexibility index (Phi) is 9.66. The maximum Gasteiger partial charge on any atom is 0.222 e. The molecule has 0 heterocycles. The first-order valence-electron chi connectivity index (χ1n) is 9.12. The second-order valence-electron chi connectivity index (χ2n) is 6.93.